The number of hydrogen-bond donors (Lipinski definition) is 1. The highest BCUT2D eigenvalue weighted by Crippen LogP contribution is 2.20. The number of allylic oxidation sites excluding steroid dienone is 3. The summed E-state index contributed by atoms with van der Waals surface area (Å²) in [6.07, 6.45) is 9.30. The molecule has 0 bridgehead atoms. The van der Waals surface area contributed by atoms with Crippen molar-refractivity contribution in [3.05, 3.63) is 23.8 Å². The van der Waals surface area contributed by atoms with Gasteiger partial charge in [-0.2, -0.15) is 0 Å². The summed E-state index contributed by atoms with van der Waals surface area (Å²) < 4.78 is 5.43. The number of amides is 2. The smallest absolute Gasteiger partial charge is 0.410 e. The van der Waals surface area contributed by atoms with Gasteiger partial charge in [-0.25, -0.2) is 4.79 Å². The zero-order valence-corrected chi connectivity index (χ0v) is 15.3. The van der Waals surface area contributed by atoms with Gasteiger partial charge >= 0.3 is 6.09 Å². The van der Waals surface area contributed by atoms with E-state index in [0.717, 1.165) is 24.8 Å². The molecule has 134 valence electrons. The van der Waals surface area contributed by atoms with Crippen molar-refractivity contribution in [3.8, 4) is 0 Å². The molecule has 5 heteroatoms. The third-order valence-corrected chi connectivity index (χ3v) is 4.34. The average Bonchev–Trinajstić information content (AvgIpc) is 2.48. The minimum atomic E-state index is -0.480. The van der Waals surface area contributed by atoms with Gasteiger partial charge in [-0.1, -0.05) is 25.2 Å². The topological polar surface area (TPSA) is 58.6 Å². The summed E-state index contributed by atoms with van der Waals surface area (Å²) in [5.74, 6) is 0.279. The number of nitrogens with zero attached hydrogens (tertiary/aromatic N) is 1. The van der Waals surface area contributed by atoms with E-state index in [2.05, 4.69) is 24.4 Å². The van der Waals surface area contributed by atoms with E-state index >= 15 is 0 Å². The Hall–Kier alpha value is -1.78. The van der Waals surface area contributed by atoms with Crippen LogP contribution in [-0.4, -0.2) is 41.6 Å². The van der Waals surface area contributed by atoms with Crippen LogP contribution in [0.5, 0.6) is 0 Å². The lowest BCUT2D eigenvalue weighted by Gasteiger charge is -2.37. The molecular weight excluding hydrogens is 304 g/mol. The minimum absolute atomic E-state index is 0.0652. The Morgan fingerprint density at radius 1 is 1.33 bits per heavy atom. The molecule has 1 fully saturated rings. The molecule has 2 unspecified atom stereocenters. The third kappa shape index (κ3) is 5.69. The zero-order valence-electron chi connectivity index (χ0n) is 15.3. The van der Waals surface area contributed by atoms with Crippen molar-refractivity contribution < 1.29 is 14.3 Å². The Labute approximate surface area is 145 Å². The Kier molecular flexibility index (Phi) is 6.08. The van der Waals surface area contributed by atoms with Crippen molar-refractivity contribution in [2.24, 2.45) is 5.92 Å². The van der Waals surface area contributed by atoms with Gasteiger partial charge in [0, 0.05) is 19.1 Å². The van der Waals surface area contributed by atoms with Crippen LogP contribution in [0, 0.1) is 5.92 Å². The van der Waals surface area contributed by atoms with Gasteiger partial charge in [0.2, 0.25) is 5.91 Å². The summed E-state index contributed by atoms with van der Waals surface area (Å²) >= 11 is 0. The quantitative estimate of drug-likeness (QED) is 0.860. The van der Waals surface area contributed by atoms with E-state index in [9.17, 15) is 9.59 Å². The summed E-state index contributed by atoms with van der Waals surface area (Å²) in [5.41, 5.74) is 0.615. The van der Waals surface area contributed by atoms with Gasteiger partial charge in [0.25, 0.3) is 0 Å². The Balaban J connectivity index is 1.80. The minimum Gasteiger partial charge on any atom is -0.444 e. The van der Waals surface area contributed by atoms with Gasteiger partial charge in [-0.3, -0.25) is 4.79 Å². The highest BCUT2D eigenvalue weighted by Gasteiger charge is 2.31. The summed E-state index contributed by atoms with van der Waals surface area (Å²) in [7, 11) is 0. The molecule has 2 amide bonds. The second-order valence-corrected chi connectivity index (χ2v) is 7.80. The summed E-state index contributed by atoms with van der Waals surface area (Å²) in [4.78, 5) is 26.1. The van der Waals surface area contributed by atoms with Crippen molar-refractivity contribution in [2.75, 3.05) is 13.1 Å². The first-order valence-electron chi connectivity index (χ1n) is 8.87. The zero-order chi connectivity index (χ0) is 17.7. The summed E-state index contributed by atoms with van der Waals surface area (Å²) in [6, 6.07) is 0.115. The maximum atomic E-state index is 12.2. The Bertz CT molecular complexity index is 531. The van der Waals surface area contributed by atoms with Crippen molar-refractivity contribution in [1.82, 2.24) is 10.2 Å². The van der Waals surface area contributed by atoms with Crippen LogP contribution in [0.2, 0.25) is 0 Å². The second kappa shape index (κ2) is 7.86. The molecule has 2 rings (SSSR count). The standard InChI is InChI=1S/C19H30N2O3/c1-14-13-21(18(23)24-19(2,3)4)11-10-16(14)20-17(22)12-15-8-6-5-7-9-15/h6,8-9,14,16H,5,7,10-13H2,1-4H3,(H,20,22). The summed E-state index contributed by atoms with van der Waals surface area (Å²) in [5, 5.41) is 3.13. The molecule has 0 aromatic rings. The normalized spacial score (nSPS) is 24.3. The molecule has 24 heavy (non-hydrogen) atoms. The highest BCUT2D eigenvalue weighted by molar-refractivity contribution is 5.79. The van der Waals surface area contributed by atoms with Crippen molar-refractivity contribution in [1.29, 1.82) is 0 Å². The molecule has 0 aromatic carbocycles. The van der Waals surface area contributed by atoms with Crippen LogP contribution in [0.3, 0.4) is 0 Å². The molecule has 5 nitrogen and oxygen atoms in total. The maximum Gasteiger partial charge on any atom is 0.410 e. The van der Waals surface area contributed by atoms with Crippen LogP contribution >= 0.6 is 0 Å². The monoisotopic (exact) mass is 334 g/mol. The predicted octanol–water partition coefficient (Wildman–Crippen LogP) is 3.41. The molecule has 1 N–H and O–H groups in total. The number of hydrogen-bond acceptors (Lipinski definition) is 3. The molecule has 2 aliphatic rings. The molecule has 1 saturated heterocycles. The molecule has 0 aromatic heterocycles. The molecule has 2 atom stereocenters. The SMILES string of the molecule is CC1CN(C(=O)OC(C)(C)C)CCC1NC(=O)CC1=CCCC=C1. The lowest BCUT2D eigenvalue weighted by atomic mass is 9.93. The van der Waals surface area contributed by atoms with E-state index in [1.807, 2.05) is 26.8 Å². The van der Waals surface area contributed by atoms with Gasteiger partial charge in [-0.05, 0) is 51.5 Å². The number of likely N-dealkylation sites (tertiary alicyclic amines) is 1. The molecule has 1 aliphatic carbocycles. The van der Waals surface area contributed by atoms with Crippen LogP contribution in [0.1, 0.15) is 53.4 Å². The molecule has 0 saturated carbocycles. The first-order chi connectivity index (χ1) is 11.2. The molecular formula is C19H30N2O3. The van der Waals surface area contributed by atoms with E-state index in [1.165, 1.54) is 0 Å². The van der Waals surface area contributed by atoms with Crippen molar-refractivity contribution >= 4 is 12.0 Å². The van der Waals surface area contributed by atoms with Gasteiger partial charge in [0.05, 0.1) is 6.42 Å². The molecule has 0 radical (unpaired) electrons. The number of ether oxygens (including phenoxy) is 1. The van der Waals surface area contributed by atoms with E-state index in [4.69, 9.17) is 4.74 Å². The third-order valence-electron chi connectivity index (χ3n) is 4.34. The Morgan fingerprint density at radius 3 is 2.67 bits per heavy atom. The second-order valence-electron chi connectivity index (χ2n) is 7.80. The largest absolute Gasteiger partial charge is 0.444 e. The fourth-order valence-corrected chi connectivity index (χ4v) is 3.09. The van der Waals surface area contributed by atoms with E-state index in [-0.39, 0.29) is 24.0 Å². The first kappa shape index (κ1) is 18.6. The van der Waals surface area contributed by atoms with Crippen molar-refractivity contribution in [3.63, 3.8) is 0 Å². The van der Waals surface area contributed by atoms with Crippen LogP contribution in [0.15, 0.2) is 23.8 Å². The maximum absolute atomic E-state index is 12.2. The number of carbonyl (C=O) groups is 2. The fraction of sp³-hybridized carbons (Fsp3) is 0.684. The van der Waals surface area contributed by atoms with Crippen LogP contribution in [0.25, 0.3) is 0 Å². The first-order valence-corrected chi connectivity index (χ1v) is 8.87. The van der Waals surface area contributed by atoms with Gasteiger partial charge in [-0.15, -0.1) is 0 Å². The number of rotatable bonds is 3. The number of nitrogens with one attached hydrogen (secondary N) is 1. The molecule has 0 spiro atoms. The molecule has 1 heterocycles. The number of carbonyl (C=O) groups excluding carboxylic acids is 2. The van der Waals surface area contributed by atoms with Crippen molar-refractivity contribution in [2.45, 2.75) is 65.0 Å². The fourth-order valence-electron chi connectivity index (χ4n) is 3.09. The van der Waals surface area contributed by atoms with Gasteiger partial charge < -0.3 is 15.0 Å². The highest BCUT2D eigenvalue weighted by atomic mass is 16.6. The molecule has 1 aliphatic heterocycles. The Morgan fingerprint density at radius 2 is 2.08 bits per heavy atom. The van der Waals surface area contributed by atoms with E-state index < -0.39 is 5.60 Å². The van der Waals surface area contributed by atoms with E-state index in [1.54, 1.807) is 4.90 Å². The predicted molar refractivity (Wildman–Crippen MR) is 94.6 cm³/mol. The number of piperidine rings is 1. The van der Waals surface area contributed by atoms with Crippen LogP contribution in [-0.2, 0) is 9.53 Å². The van der Waals surface area contributed by atoms with Crippen LogP contribution < -0.4 is 5.32 Å². The summed E-state index contributed by atoms with van der Waals surface area (Å²) in [6.45, 7) is 8.91. The average molecular weight is 334 g/mol. The van der Waals surface area contributed by atoms with Crippen LogP contribution in [0.4, 0.5) is 4.79 Å². The lowest BCUT2D eigenvalue weighted by Crippen LogP contribution is -2.52. The van der Waals surface area contributed by atoms with Gasteiger partial charge in [0.15, 0.2) is 0 Å². The lowest BCUT2D eigenvalue weighted by molar-refractivity contribution is -0.121. The van der Waals surface area contributed by atoms with E-state index in [0.29, 0.717) is 19.5 Å². The van der Waals surface area contributed by atoms with Gasteiger partial charge in [0.1, 0.15) is 5.60 Å².